The van der Waals surface area contributed by atoms with Crippen LogP contribution in [0.4, 0.5) is 0 Å². The molecule has 116 valence electrons. The van der Waals surface area contributed by atoms with Crippen molar-refractivity contribution in [3.63, 3.8) is 0 Å². The predicted octanol–water partition coefficient (Wildman–Crippen LogP) is 2.29. The van der Waals surface area contributed by atoms with Gasteiger partial charge in [0.1, 0.15) is 12.4 Å². The molecule has 0 aliphatic carbocycles. The largest absolute Gasteiger partial charge is 0.497 e. The SMILES string of the molecule is COc1ccc(COC(=O)c2n[nH]c(=O)c3ccccc23)cc1. The minimum absolute atomic E-state index is 0.0914. The fourth-order valence-corrected chi connectivity index (χ4v) is 2.21. The number of nitrogens with one attached hydrogen (secondary N) is 1. The number of rotatable bonds is 4. The Morgan fingerprint density at radius 1 is 1.09 bits per heavy atom. The quantitative estimate of drug-likeness (QED) is 0.748. The summed E-state index contributed by atoms with van der Waals surface area (Å²) in [4.78, 5) is 23.9. The van der Waals surface area contributed by atoms with E-state index in [1.165, 1.54) is 0 Å². The van der Waals surface area contributed by atoms with Gasteiger partial charge in [-0.1, -0.05) is 30.3 Å². The maximum Gasteiger partial charge on any atom is 0.359 e. The van der Waals surface area contributed by atoms with Crippen LogP contribution in [0.25, 0.3) is 10.8 Å². The summed E-state index contributed by atoms with van der Waals surface area (Å²) < 4.78 is 10.3. The fourth-order valence-electron chi connectivity index (χ4n) is 2.21. The molecule has 3 aromatic rings. The van der Waals surface area contributed by atoms with Crippen LogP contribution in [0.15, 0.2) is 53.3 Å². The van der Waals surface area contributed by atoms with Gasteiger partial charge in [-0.05, 0) is 23.8 Å². The van der Waals surface area contributed by atoms with Crippen LogP contribution in [-0.2, 0) is 11.3 Å². The van der Waals surface area contributed by atoms with Crippen LogP contribution >= 0.6 is 0 Å². The first-order chi connectivity index (χ1) is 11.2. The van der Waals surface area contributed by atoms with Crippen molar-refractivity contribution in [2.75, 3.05) is 7.11 Å². The molecule has 0 saturated carbocycles. The highest BCUT2D eigenvalue weighted by Gasteiger charge is 2.15. The normalized spacial score (nSPS) is 10.5. The van der Waals surface area contributed by atoms with Crippen LogP contribution in [-0.4, -0.2) is 23.3 Å². The van der Waals surface area contributed by atoms with Crippen LogP contribution in [0.1, 0.15) is 16.1 Å². The molecule has 3 rings (SSSR count). The van der Waals surface area contributed by atoms with Crippen LogP contribution in [0.3, 0.4) is 0 Å². The van der Waals surface area contributed by atoms with E-state index in [4.69, 9.17) is 9.47 Å². The van der Waals surface area contributed by atoms with Crippen molar-refractivity contribution < 1.29 is 14.3 Å². The second-order valence-corrected chi connectivity index (χ2v) is 4.87. The van der Waals surface area contributed by atoms with E-state index in [9.17, 15) is 9.59 Å². The maximum atomic E-state index is 12.2. The number of hydrogen-bond donors (Lipinski definition) is 1. The first-order valence-corrected chi connectivity index (χ1v) is 6.96. The molecule has 0 amide bonds. The number of benzene rings is 2. The van der Waals surface area contributed by atoms with Crippen LogP contribution in [0.2, 0.25) is 0 Å². The summed E-state index contributed by atoms with van der Waals surface area (Å²) in [6.07, 6.45) is 0. The zero-order valence-electron chi connectivity index (χ0n) is 12.4. The van der Waals surface area contributed by atoms with Gasteiger partial charge in [0.05, 0.1) is 12.5 Å². The highest BCUT2D eigenvalue weighted by atomic mass is 16.5. The third-order valence-corrected chi connectivity index (χ3v) is 3.42. The Bertz CT molecular complexity index is 900. The summed E-state index contributed by atoms with van der Waals surface area (Å²) in [6.45, 7) is 0.109. The fraction of sp³-hybridized carbons (Fsp3) is 0.118. The molecule has 0 spiro atoms. The van der Waals surface area contributed by atoms with Crippen LogP contribution in [0.5, 0.6) is 5.75 Å². The molecule has 1 aromatic heterocycles. The van der Waals surface area contributed by atoms with Crippen molar-refractivity contribution in [2.24, 2.45) is 0 Å². The van der Waals surface area contributed by atoms with E-state index in [1.807, 2.05) is 12.1 Å². The van der Waals surface area contributed by atoms with Crippen molar-refractivity contribution in [1.82, 2.24) is 10.2 Å². The first kappa shape index (κ1) is 14.8. The van der Waals surface area contributed by atoms with Crippen molar-refractivity contribution in [1.29, 1.82) is 0 Å². The number of fused-ring (bicyclic) bond motifs is 1. The summed E-state index contributed by atoms with van der Waals surface area (Å²) >= 11 is 0. The highest BCUT2D eigenvalue weighted by molar-refractivity contribution is 6.01. The molecule has 2 aromatic carbocycles. The second kappa shape index (κ2) is 6.31. The smallest absolute Gasteiger partial charge is 0.359 e. The number of H-pyrrole nitrogens is 1. The average Bonchev–Trinajstić information content (AvgIpc) is 2.60. The molecule has 0 saturated heterocycles. The molecule has 0 atom stereocenters. The van der Waals surface area contributed by atoms with Crippen LogP contribution in [0, 0.1) is 0 Å². The van der Waals surface area contributed by atoms with E-state index in [0.717, 1.165) is 11.3 Å². The molecule has 1 heterocycles. The molecule has 6 heteroatoms. The Kier molecular flexibility index (Phi) is 4.05. The average molecular weight is 310 g/mol. The predicted molar refractivity (Wildman–Crippen MR) is 84.5 cm³/mol. The molecular formula is C17H14N2O4. The van der Waals surface area contributed by atoms with Gasteiger partial charge in [-0.25, -0.2) is 9.89 Å². The second-order valence-electron chi connectivity index (χ2n) is 4.87. The van der Waals surface area contributed by atoms with Crippen molar-refractivity contribution >= 4 is 16.7 Å². The van der Waals surface area contributed by atoms with Gasteiger partial charge in [-0.15, -0.1) is 0 Å². The zero-order valence-corrected chi connectivity index (χ0v) is 12.4. The number of aromatic nitrogens is 2. The third kappa shape index (κ3) is 3.06. The Morgan fingerprint density at radius 2 is 1.78 bits per heavy atom. The van der Waals surface area contributed by atoms with Gasteiger partial charge in [0.15, 0.2) is 5.69 Å². The van der Waals surface area contributed by atoms with E-state index >= 15 is 0 Å². The van der Waals surface area contributed by atoms with E-state index in [1.54, 1.807) is 43.5 Å². The molecule has 0 aliphatic heterocycles. The Balaban J connectivity index is 1.81. The number of esters is 1. The standard InChI is InChI=1S/C17H14N2O4/c1-22-12-8-6-11(7-9-12)10-23-17(21)15-13-4-2-3-5-14(13)16(20)19-18-15/h2-9H,10H2,1H3,(H,19,20). The number of carbonyl (C=O) groups excluding carboxylic acids is 1. The lowest BCUT2D eigenvalue weighted by Crippen LogP contribution is -2.16. The van der Waals surface area contributed by atoms with Crippen molar-refractivity contribution in [3.8, 4) is 5.75 Å². The molecule has 0 aliphatic rings. The number of carbonyl (C=O) groups is 1. The number of methoxy groups -OCH3 is 1. The summed E-state index contributed by atoms with van der Waals surface area (Å²) in [5.74, 6) is 0.140. The molecule has 0 radical (unpaired) electrons. The molecule has 23 heavy (non-hydrogen) atoms. The zero-order chi connectivity index (χ0) is 16.2. The molecule has 0 fully saturated rings. The van der Waals surface area contributed by atoms with Gasteiger partial charge in [-0.2, -0.15) is 5.10 Å². The number of nitrogens with zero attached hydrogens (tertiary/aromatic N) is 1. The van der Waals surface area contributed by atoms with Gasteiger partial charge < -0.3 is 9.47 Å². The van der Waals surface area contributed by atoms with E-state index in [0.29, 0.717) is 10.8 Å². The first-order valence-electron chi connectivity index (χ1n) is 6.96. The summed E-state index contributed by atoms with van der Waals surface area (Å²) in [5.41, 5.74) is 0.578. The van der Waals surface area contributed by atoms with Gasteiger partial charge >= 0.3 is 5.97 Å². The minimum Gasteiger partial charge on any atom is -0.497 e. The molecule has 0 bridgehead atoms. The van der Waals surface area contributed by atoms with Crippen molar-refractivity contribution in [2.45, 2.75) is 6.61 Å². The molecule has 6 nitrogen and oxygen atoms in total. The summed E-state index contributed by atoms with van der Waals surface area (Å²) in [6, 6.07) is 14.0. The Hall–Kier alpha value is -3.15. The van der Waals surface area contributed by atoms with E-state index < -0.39 is 5.97 Å². The molecule has 0 unspecified atom stereocenters. The molecular weight excluding hydrogens is 296 g/mol. The van der Waals surface area contributed by atoms with E-state index in [2.05, 4.69) is 10.2 Å². The van der Waals surface area contributed by atoms with E-state index in [-0.39, 0.29) is 17.9 Å². The number of ether oxygens (including phenoxy) is 2. The Labute approximate surface area is 131 Å². The van der Waals surface area contributed by atoms with Gasteiger partial charge in [-0.3, -0.25) is 4.79 Å². The highest BCUT2D eigenvalue weighted by Crippen LogP contribution is 2.15. The third-order valence-electron chi connectivity index (χ3n) is 3.42. The van der Waals surface area contributed by atoms with Gasteiger partial charge in [0.25, 0.3) is 5.56 Å². The monoisotopic (exact) mass is 310 g/mol. The van der Waals surface area contributed by atoms with Crippen LogP contribution < -0.4 is 10.3 Å². The summed E-state index contributed by atoms with van der Waals surface area (Å²) in [7, 11) is 1.59. The summed E-state index contributed by atoms with van der Waals surface area (Å²) in [5, 5.41) is 7.00. The van der Waals surface area contributed by atoms with Gasteiger partial charge in [0, 0.05) is 5.39 Å². The maximum absolute atomic E-state index is 12.2. The minimum atomic E-state index is -0.590. The van der Waals surface area contributed by atoms with Crippen molar-refractivity contribution in [3.05, 3.63) is 70.1 Å². The molecule has 1 N–H and O–H groups in total. The number of aromatic amines is 1. The topological polar surface area (TPSA) is 81.3 Å². The lowest BCUT2D eigenvalue weighted by molar-refractivity contribution is 0.0467. The van der Waals surface area contributed by atoms with Gasteiger partial charge in [0.2, 0.25) is 0 Å². The lowest BCUT2D eigenvalue weighted by atomic mass is 10.1. The number of hydrogen-bond acceptors (Lipinski definition) is 5. The Morgan fingerprint density at radius 3 is 2.48 bits per heavy atom. The lowest BCUT2D eigenvalue weighted by Gasteiger charge is -2.07.